The van der Waals surface area contributed by atoms with Gasteiger partial charge in [-0.3, -0.25) is 0 Å². The van der Waals surface area contributed by atoms with E-state index in [-0.39, 0.29) is 6.04 Å². The van der Waals surface area contributed by atoms with Crippen molar-refractivity contribution in [2.45, 2.75) is 44.0 Å². The average Bonchev–Trinajstić information content (AvgIpc) is 2.33. The normalized spacial score (nSPS) is 28.3. The third-order valence-corrected chi connectivity index (χ3v) is 6.04. The lowest BCUT2D eigenvalue weighted by molar-refractivity contribution is 0.242. The first-order valence-electron chi connectivity index (χ1n) is 6.66. The van der Waals surface area contributed by atoms with Crippen LogP contribution in [0.2, 0.25) is 0 Å². The van der Waals surface area contributed by atoms with E-state index in [2.05, 4.69) is 34.5 Å². The predicted molar refractivity (Wildman–Crippen MR) is 80.4 cm³/mol. The standard InChI is InChI=1S/C14H20BrNO2S/c1-10-6-7-13(8-11(10)2)16-19(17,18)14-5-3-4-12(15)9-14/h3-5,9-11,13,16H,6-8H2,1-2H3. The summed E-state index contributed by atoms with van der Waals surface area (Å²) in [4.78, 5) is 0.327. The second kappa shape index (κ2) is 5.94. The molecule has 1 saturated carbocycles. The summed E-state index contributed by atoms with van der Waals surface area (Å²) >= 11 is 3.31. The molecule has 0 radical (unpaired) electrons. The van der Waals surface area contributed by atoms with E-state index >= 15 is 0 Å². The van der Waals surface area contributed by atoms with Crippen molar-refractivity contribution in [3.8, 4) is 0 Å². The Morgan fingerprint density at radius 1 is 1.21 bits per heavy atom. The molecule has 0 aromatic heterocycles. The van der Waals surface area contributed by atoms with Crippen LogP contribution in [0, 0.1) is 11.8 Å². The maximum Gasteiger partial charge on any atom is 0.240 e. The average molecular weight is 346 g/mol. The van der Waals surface area contributed by atoms with Gasteiger partial charge in [-0.05, 0) is 49.3 Å². The minimum absolute atomic E-state index is 0.0650. The molecule has 5 heteroatoms. The zero-order chi connectivity index (χ0) is 14.0. The Kier molecular flexibility index (Phi) is 4.69. The van der Waals surface area contributed by atoms with Gasteiger partial charge in [0.2, 0.25) is 10.0 Å². The molecule has 3 nitrogen and oxygen atoms in total. The predicted octanol–water partition coefficient (Wildman–Crippen LogP) is 3.55. The van der Waals surface area contributed by atoms with Crippen LogP contribution >= 0.6 is 15.9 Å². The summed E-state index contributed by atoms with van der Waals surface area (Å²) in [6, 6.07) is 6.89. The summed E-state index contributed by atoms with van der Waals surface area (Å²) in [5, 5.41) is 0. The Morgan fingerprint density at radius 3 is 2.58 bits per heavy atom. The fraction of sp³-hybridized carbons (Fsp3) is 0.571. The summed E-state index contributed by atoms with van der Waals surface area (Å²) in [5.74, 6) is 1.26. The van der Waals surface area contributed by atoms with E-state index in [4.69, 9.17) is 0 Å². The first-order valence-corrected chi connectivity index (χ1v) is 8.94. The molecule has 19 heavy (non-hydrogen) atoms. The molecule has 1 aliphatic rings. The van der Waals surface area contributed by atoms with E-state index < -0.39 is 10.0 Å². The monoisotopic (exact) mass is 345 g/mol. The van der Waals surface area contributed by atoms with E-state index in [1.807, 2.05) is 6.07 Å². The van der Waals surface area contributed by atoms with Gasteiger partial charge in [0.1, 0.15) is 0 Å². The molecule has 1 aliphatic carbocycles. The van der Waals surface area contributed by atoms with Crippen LogP contribution in [0.4, 0.5) is 0 Å². The van der Waals surface area contributed by atoms with Crippen LogP contribution < -0.4 is 4.72 Å². The molecule has 3 atom stereocenters. The van der Waals surface area contributed by atoms with Gasteiger partial charge < -0.3 is 0 Å². The lowest BCUT2D eigenvalue weighted by Gasteiger charge is -2.32. The Bertz CT molecular complexity index is 544. The van der Waals surface area contributed by atoms with Crippen LogP contribution in [0.3, 0.4) is 0 Å². The molecular weight excluding hydrogens is 326 g/mol. The van der Waals surface area contributed by atoms with Crippen molar-refractivity contribution in [2.24, 2.45) is 11.8 Å². The molecule has 0 spiro atoms. The van der Waals surface area contributed by atoms with Crippen LogP contribution in [0.25, 0.3) is 0 Å². The first-order chi connectivity index (χ1) is 8.88. The summed E-state index contributed by atoms with van der Waals surface area (Å²) < 4.78 is 28.2. The first kappa shape index (κ1) is 15.0. The number of benzene rings is 1. The highest BCUT2D eigenvalue weighted by molar-refractivity contribution is 9.10. The van der Waals surface area contributed by atoms with Crippen LogP contribution in [-0.4, -0.2) is 14.5 Å². The second-order valence-corrected chi connectivity index (χ2v) is 8.17. The Balaban J connectivity index is 2.10. The van der Waals surface area contributed by atoms with Crippen molar-refractivity contribution in [1.29, 1.82) is 0 Å². The molecule has 2 rings (SSSR count). The van der Waals surface area contributed by atoms with E-state index in [9.17, 15) is 8.42 Å². The largest absolute Gasteiger partial charge is 0.240 e. The van der Waals surface area contributed by atoms with Crippen molar-refractivity contribution in [1.82, 2.24) is 4.72 Å². The van der Waals surface area contributed by atoms with Gasteiger partial charge in [0, 0.05) is 10.5 Å². The minimum atomic E-state index is -3.40. The van der Waals surface area contributed by atoms with Gasteiger partial charge in [0.05, 0.1) is 4.90 Å². The van der Waals surface area contributed by atoms with E-state index in [0.29, 0.717) is 16.7 Å². The molecule has 0 amide bonds. The zero-order valence-corrected chi connectivity index (χ0v) is 13.7. The molecule has 0 bridgehead atoms. The van der Waals surface area contributed by atoms with Crippen LogP contribution in [0.1, 0.15) is 33.1 Å². The number of halogens is 1. The third kappa shape index (κ3) is 3.80. The fourth-order valence-corrected chi connectivity index (χ4v) is 4.46. The van der Waals surface area contributed by atoms with Crippen molar-refractivity contribution < 1.29 is 8.42 Å². The second-order valence-electron chi connectivity index (χ2n) is 5.54. The van der Waals surface area contributed by atoms with E-state index in [1.54, 1.807) is 18.2 Å². The lowest BCUT2D eigenvalue weighted by Crippen LogP contribution is -2.39. The molecule has 1 aromatic rings. The van der Waals surface area contributed by atoms with Crippen molar-refractivity contribution in [3.05, 3.63) is 28.7 Å². The zero-order valence-electron chi connectivity index (χ0n) is 11.3. The Morgan fingerprint density at radius 2 is 1.95 bits per heavy atom. The van der Waals surface area contributed by atoms with Gasteiger partial charge >= 0.3 is 0 Å². The number of nitrogens with one attached hydrogen (secondary N) is 1. The maximum absolute atomic E-state index is 12.3. The SMILES string of the molecule is CC1CCC(NS(=O)(=O)c2cccc(Br)c2)CC1C. The molecule has 1 fully saturated rings. The summed E-state index contributed by atoms with van der Waals surface area (Å²) in [7, 11) is -3.40. The highest BCUT2D eigenvalue weighted by atomic mass is 79.9. The third-order valence-electron chi connectivity index (χ3n) is 4.03. The molecule has 0 heterocycles. The lowest BCUT2D eigenvalue weighted by atomic mass is 9.79. The summed E-state index contributed by atoms with van der Waals surface area (Å²) in [6.45, 7) is 4.44. The summed E-state index contributed by atoms with van der Waals surface area (Å²) in [6.07, 6.45) is 2.94. The Hall–Kier alpha value is -0.390. The molecule has 106 valence electrons. The van der Waals surface area contributed by atoms with Gasteiger partial charge in [-0.15, -0.1) is 0 Å². The smallest absolute Gasteiger partial charge is 0.208 e. The molecule has 0 aliphatic heterocycles. The number of hydrogen-bond acceptors (Lipinski definition) is 2. The molecule has 0 saturated heterocycles. The van der Waals surface area contributed by atoms with Gasteiger partial charge in [-0.1, -0.05) is 35.8 Å². The Labute approximate surface area is 124 Å². The molecule has 3 unspecified atom stereocenters. The van der Waals surface area contributed by atoms with Crippen LogP contribution in [0.5, 0.6) is 0 Å². The van der Waals surface area contributed by atoms with E-state index in [0.717, 1.165) is 23.7 Å². The summed E-state index contributed by atoms with van der Waals surface area (Å²) in [5.41, 5.74) is 0. The van der Waals surface area contributed by atoms with Crippen molar-refractivity contribution >= 4 is 26.0 Å². The van der Waals surface area contributed by atoms with Crippen molar-refractivity contribution in [2.75, 3.05) is 0 Å². The molecule has 1 N–H and O–H groups in total. The minimum Gasteiger partial charge on any atom is -0.208 e. The maximum atomic E-state index is 12.3. The van der Waals surface area contributed by atoms with Crippen LogP contribution in [0.15, 0.2) is 33.6 Å². The molecule has 1 aromatic carbocycles. The number of sulfonamides is 1. The highest BCUT2D eigenvalue weighted by Crippen LogP contribution is 2.30. The highest BCUT2D eigenvalue weighted by Gasteiger charge is 2.28. The quantitative estimate of drug-likeness (QED) is 0.910. The topological polar surface area (TPSA) is 46.2 Å². The molecular formula is C14H20BrNO2S. The fourth-order valence-electron chi connectivity index (χ4n) is 2.58. The van der Waals surface area contributed by atoms with Gasteiger partial charge in [0.25, 0.3) is 0 Å². The van der Waals surface area contributed by atoms with Gasteiger partial charge in [-0.25, -0.2) is 13.1 Å². The van der Waals surface area contributed by atoms with Gasteiger partial charge in [0.15, 0.2) is 0 Å². The van der Waals surface area contributed by atoms with Crippen molar-refractivity contribution in [3.63, 3.8) is 0 Å². The number of rotatable bonds is 3. The van der Waals surface area contributed by atoms with Gasteiger partial charge in [-0.2, -0.15) is 0 Å². The van der Waals surface area contributed by atoms with Crippen LogP contribution in [-0.2, 0) is 10.0 Å². The van der Waals surface area contributed by atoms with E-state index in [1.165, 1.54) is 0 Å². The number of hydrogen-bond donors (Lipinski definition) is 1.